The van der Waals surface area contributed by atoms with E-state index in [1.807, 2.05) is 6.92 Å². The Balaban J connectivity index is 0.00000215. The highest BCUT2D eigenvalue weighted by molar-refractivity contribution is 6.00. The summed E-state index contributed by atoms with van der Waals surface area (Å²) in [5.74, 6) is 0. The lowest BCUT2D eigenvalue weighted by Crippen LogP contribution is -2.14. The Morgan fingerprint density at radius 3 is 0.772 bits per heavy atom. The second-order valence-electron chi connectivity index (χ2n) is 19.8. The minimum Gasteiger partial charge on any atom is -0.309 e. The molecule has 0 unspecified atom stereocenters. The molecule has 12 rings (SSSR count). The van der Waals surface area contributed by atoms with E-state index in [1.54, 1.807) is 6.08 Å². The van der Waals surface area contributed by atoms with Gasteiger partial charge in [-0.3, -0.25) is 0 Å². The van der Waals surface area contributed by atoms with Crippen LogP contribution < -0.4 is 9.80 Å². The van der Waals surface area contributed by atoms with E-state index in [2.05, 4.69) is 334 Å². The zero-order chi connectivity index (χ0) is 53.9. The van der Waals surface area contributed by atoms with Gasteiger partial charge in [-0.15, -0.1) is 6.58 Å². The largest absolute Gasteiger partial charge is 0.309 e. The number of anilines is 6. The fraction of sp³-hybridized carbons (Fsp3) is 0.0390. The Kier molecular flexibility index (Phi) is 15.5. The molecule has 380 valence electrons. The first-order valence-electron chi connectivity index (χ1n) is 27.1. The standard InChI is InChI=1S/C74H56N2.C3H6/c1-53-49-63(45-47-71(53)75(65-39-21-37-61(51-65)55-25-9-3-10-26-55)73-67(57-29-13-5-14-30-57)41-23-42-68(73)58-31-15-6-16-32-58)64-46-48-72(54(2)50-64)76(66-40-22-38-62(52-66)56-27-11-4-12-28-56)74-69(59-33-17-7-18-34-59)43-24-44-70(74)60-35-19-8-20-36-60;1-3-2/h3-52H,1-2H3;3H,1H2,2H3. The first-order valence-corrected chi connectivity index (χ1v) is 27.1. The molecule has 0 atom stereocenters. The summed E-state index contributed by atoms with van der Waals surface area (Å²) in [4.78, 5) is 4.97. The van der Waals surface area contributed by atoms with E-state index < -0.39 is 0 Å². The van der Waals surface area contributed by atoms with Crippen LogP contribution in [-0.4, -0.2) is 0 Å². The zero-order valence-corrected chi connectivity index (χ0v) is 45.0. The molecule has 0 aromatic heterocycles. The molecule has 0 fully saturated rings. The second-order valence-corrected chi connectivity index (χ2v) is 19.8. The highest BCUT2D eigenvalue weighted by Crippen LogP contribution is 2.51. The molecule has 2 nitrogen and oxygen atoms in total. The van der Waals surface area contributed by atoms with Gasteiger partial charge in [0.2, 0.25) is 0 Å². The molecule has 0 N–H and O–H groups in total. The number of allylic oxidation sites excluding steroid dienone is 1. The fourth-order valence-electron chi connectivity index (χ4n) is 10.8. The van der Waals surface area contributed by atoms with E-state index in [4.69, 9.17) is 0 Å². The molecule has 0 bridgehead atoms. The maximum atomic E-state index is 3.36. The summed E-state index contributed by atoms with van der Waals surface area (Å²) in [6.07, 6.45) is 1.75. The monoisotopic (exact) mass is 1010 g/mol. The molecule has 12 aromatic rings. The number of benzene rings is 12. The lowest BCUT2D eigenvalue weighted by atomic mass is 9.92. The molecule has 2 heteroatoms. The van der Waals surface area contributed by atoms with Crippen molar-refractivity contribution in [3.63, 3.8) is 0 Å². The maximum Gasteiger partial charge on any atom is 0.0618 e. The summed E-state index contributed by atoms with van der Waals surface area (Å²) >= 11 is 0. The predicted molar refractivity (Wildman–Crippen MR) is 339 cm³/mol. The highest BCUT2D eigenvalue weighted by Gasteiger charge is 2.26. The van der Waals surface area contributed by atoms with E-state index in [0.29, 0.717) is 0 Å². The summed E-state index contributed by atoms with van der Waals surface area (Å²) < 4.78 is 0. The van der Waals surface area contributed by atoms with E-state index >= 15 is 0 Å². The van der Waals surface area contributed by atoms with Crippen molar-refractivity contribution < 1.29 is 0 Å². The summed E-state index contributed by atoms with van der Waals surface area (Å²) in [5, 5.41) is 0. The molecule has 0 saturated heterocycles. The lowest BCUT2D eigenvalue weighted by Gasteiger charge is -2.32. The van der Waals surface area contributed by atoms with Crippen molar-refractivity contribution in [2.24, 2.45) is 0 Å². The molecule has 0 saturated carbocycles. The van der Waals surface area contributed by atoms with E-state index in [-0.39, 0.29) is 0 Å². The fourth-order valence-corrected chi connectivity index (χ4v) is 10.8. The summed E-state index contributed by atoms with van der Waals surface area (Å²) in [7, 11) is 0. The smallest absolute Gasteiger partial charge is 0.0618 e. The van der Waals surface area contributed by atoms with Gasteiger partial charge < -0.3 is 9.80 Å². The van der Waals surface area contributed by atoms with Crippen LogP contribution in [0.5, 0.6) is 0 Å². The van der Waals surface area contributed by atoms with Crippen LogP contribution in [0.1, 0.15) is 18.1 Å². The second kappa shape index (κ2) is 23.9. The summed E-state index contributed by atoms with van der Waals surface area (Å²) in [6, 6.07) is 110. The quantitative estimate of drug-likeness (QED) is 0.106. The Labute approximate surface area is 467 Å². The van der Waals surface area contributed by atoms with Gasteiger partial charge in [0.05, 0.1) is 11.4 Å². The molecule has 0 spiro atoms. The van der Waals surface area contributed by atoms with Crippen LogP contribution >= 0.6 is 0 Å². The van der Waals surface area contributed by atoms with Crippen LogP contribution in [0.4, 0.5) is 34.1 Å². The number of rotatable bonds is 13. The Hall–Kier alpha value is -10.0. The third-order valence-electron chi connectivity index (χ3n) is 14.5. The molecule has 0 aliphatic heterocycles. The van der Waals surface area contributed by atoms with E-state index in [0.717, 1.165) is 112 Å². The molecule has 0 radical (unpaired) electrons. The van der Waals surface area contributed by atoms with Gasteiger partial charge in [-0.2, -0.15) is 0 Å². The molecule has 0 heterocycles. The zero-order valence-electron chi connectivity index (χ0n) is 45.0. The molecule has 0 aliphatic rings. The van der Waals surface area contributed by atoms with Crippen LogP contribution in [0.15, 0.2) is 316 Å². The highest BCUT2D eigenvalue weighted by atomic mass is 15.2. The molecule has 79 heavy (non-hydrogen) atoms. The molecular formula is C77H62N2. The van der Waals surface area contributed by atoms with Crippen LogP contribution in [0.3, 0.4) is 0 Å². The van der Waals surface area contributed by atoms with Crippen LogP contribution in [0.2, 0.25) is 0 Å². The third kappa shape index (κ3) is 11.0. The molecule has 0 aliphatic carbocycles. The van der Waals surface area contributed by atoms with Crippen molar-refractivity contribution >= 4 is 34.1 Å². The maximum absolute atomic E-state index is 3.36. The minimum absolute atomic E-state index is 1.08. The van der Waals surface area contributed by atoms with Gasteiger partial charge in [-0.05, 0) is 136 Å². The van der Waals surface area contributed by atoms with Crippen molar-refractivity contribution in [2.45, 2.75) is 20.8 Å². The molecular weight excluding hydrogens is 953 g/mol. The molecule has 12 aromatic carbocycles. The first-order chi connectivity index (χ1) is 39.0. The van der Waals surface area contributed by atoms with E-state index in [1.165, 1.54) is 11.1 Å². The van der Waals surface area contributed by atoms with Crippen molar-refractivity contribution in [3.8, 4) is 77.9 Å². The average Bonchev–Trinajstić information content (AvgIpc) is 3.55. The lowest BCUT2D eigenvalue weighted by molar-refractivity contribution is 1.24. The van der Waals surface area contributed by atoms with Crippen molar-refractivity contribution in [3.05, 3.63) is 327 Å². The number of hydrogen-bond acceptors (Lipinski definition) is 2. The van der Waals surface area contributed by atoms with Crippen molar-refractivity contribution in [1.29, 1.82) is 0 Å². The number of nitrogens with zero attached hydrogens (tertiary/aromatic N) is 2. The van der Waals surface area contributed by atoms with Gasteiger partial charge in [-0.25, -0.2) is 0 Å². The number of para-hydroxylation sites is 2. The van der Waals surface area contributed by atoms with Gasteiger partial charge in [-0.1, -0.05) is 261 Å². The number of aryl methyl sites for hydroxylation is 2. The Bertz CT molecular complexity index is 3610. The molecule has 0 amide bonds. The number of hydrogen-bond donors (Lipinski definition) is 0. The normalized spacial score (nSPS) is 10.8. The van der Waals surface area contributed by atoms with Crippen LogP contribution in [-0.2, 0) is 0 Å². The summed E-state index contributed by atoms with van der Waals surface area (Å²) in [5.41, 5.74) is 25.2. The topological polar surface area (TPSA) is 6.48 Å². The van der Waals surface area contributed by atoms with Crippen LogP contribution in [0.25, 0.3) is 77.9 Å². The Morgan fingerprint density at radius 1 is 0.253 bits per heavy atom. The summed E-state index contributed by atoms with van der Waals surface area (Å²) in [6.45, 7) is 9.77. The van der Waals surface area contributed by atoms with Gasteiger partial charge in [0, 0.05) is 45.0 Å². The average molecular weight is 1020 g/mol. The first kappa shape index (κ1) is 51.1. The van der Waals surface area contributed by atoms with Crippen LogP contribution in [0, 0.1) is 13.8 Å². The van der Waals surface area contributed by atoms with Gasteiger partial charge in [0.15, 0.2) is 0 Å². The SMILES string of the molecule is C=CC.Cc1cc(-c2ccc(N(c3cccc(-c4ccccc4)c3)c3c(-c4ccccc4)cccc3-c3ccccc3)c(C)c2)ccc1N(c1cccc(-c2ccccc2)c1)c1c(-c2ccccc2)cccc1-c1ccccc1. The van der Waals surface area contributed by atoms with Crippen molar-refractivity contribution in [1.82, 2.24) is 0 Å². The van der Waals surface area contributed by atoms with E-state index in [9.17, 15) is 0 Å². The minimum atomic E-state index is 1.08. The van der Waals surface area contributed by atoms with Gasteiger partial charge in [0.25, 0.3) is 0 Å². The Morgan fingerprint density at radius 2 is 0.494 bits per heavy atom. The van der Waals surface area contributed by atoms with Gasteiger partial charge in [0.1, 0.15) is 0 Å². The predicted octanol–water partition coefficient (Wildman–Crippen LogP) is 22.1. The van der Waals surface area contributed by atoms with Gasteiger partial charge >= 0.3 is 0 Å². The van der Waals surface area contributed by atoms with Crippen molar-refractivity contribution in [2.75, 3.05) is 9.80 Å². The third-order valence-corrected chi connectivity index (χ3v) is 14.5.